The number of hydrogen-bond acceptors (Lipinski definition) is 4. The van der Waals surface area contributed by atoms with Gasteiger partial charge in [0.25, 0.3) is 5.91 Å². The van der Waals surface area contributed by atoms with Crippen LogP contribution < -0.4 is 10.6 Å². The Morgan fingerprint density at radius 1 is 1.40 bits per heavy atom. The molecular formula is C14H18N4O2. The molecule has 0 bridgehead atoms. The quantitative estimate of drug-likeness (QED) is 0.787. The number of aromatic amines is 1. The molecule has 1 saturated heterocycles. The van der Waals surface area contributed by atoms with Gasteiger partial charge in [-0.1, -0.05) is 0 Å². The van der Waals surface area contributed by atoms with Crippen LogP contribution in [0.1, 0.15) is 12.8 Å². The van der Waals surface area contributed by atoms with Gasteiger partial charge >= 0.3 is 0 Å². The topological polar surface area (TPSA) is 79.0 Å². The van der Waals surface area contributed by atoms with E-state index < -0.39 is 5.60 Å². The normalized spacial score (nSPS) is 18.1. The molecule has 3 N–H and O–H groups in total. The van der Waals surface area contributed by atoms with Crippen LogP contribution in [0, 0.1) is 0 Å². The van der Waals surface area contributed by atoms with Gasteiger partial charge < -0.3 is 15.4 Å². The number of H-pyrrole nitrogens is 1. The van der Waals surface area contributed by atoms with Crippen molar-refractivity contribution in [3.05, 3.63) is 24.4 Å². The predicted molar refractivity (Wildman–Crippen MR) is 76.6 cm³/mol. The molecule has 20 heavy (non-hydrogen) atoms. The Kier molecular flexibility index (Phi) is 3.42. The zero-order valence-corrected chi connectivity index (χ0v) is 11.4. The standard InChI is InChI=1S/C14H18N4O2/c1-20-14(4-6-15-7-5-14)13(19)17-11-3-2-10-9-16-18-12(10)8-11/h2-3,8-9,15H,4-7H2,1H3,(H,16,18)(H,17,19). The van der Waals surface area contributed by atoms with Gasteiger partial charge in [-0.15, -0.1) is 0 Å². The van der Waals surface area contributed by atoms with E-state index in [1.165, 1.54) is 0 Å². The maximum Gasteiger partial charge on any atom is 0.256 e. The van der Waals surface area contributed by atoms with E-state index in [-0.39, 0.29) is 5.91 Å². The Labute approximate surface area is 116 Å². The van der Waals surface area contributed by atoms with Crippen LogP contribution in [0.3, 0.4) is 0 Å². The lowest BCUT2D eigenvalue weighted by Crippen LogP contribution is -2.51. The molecule has 0 saturated carbocycles. The second kappa shape index (κ2) is 5.22. The Morgan fingerprint density at radius 2 is 2.20 bits per heavy atom. The van der Waals surface area contributed by atoms with Gasteiger partial charge in [0.1, 0.15) is 5.60 Å². The molecule has 1 fully saturated rings. The monoisotopic (exact) mass is 274 g/mol. The molecule has 0 atom stereocenters. The first-order chi connectivity index (χ1) is 9.73. The largest absolute Gasteiger partial charge is 0.368 e. The van der Waals surface area contributed by atoms with Crippen molar-refractivity contribution in [2.75, 3.05) is 25.5 Å². The molecule has 6 heteroatoms. The molecule has 0 unspecified atom stereocenters. The van der Waals surface area contributed by atoms with E-state index >= 15 is 0 Å². The van der Waals surface area contributed by atoms with Crippen LogP contribution in [0.2, 0.25) is 0 Å². The Hall–Kier alpha value is -1.92. The van der Waals surface area contributed by atoms with E-state index in [0.717, 1.165) is 29.7 Å². The van der Waals surface area contributed by atoms with Crippen LogP contribution in [-0.2, 0) is 9.53 Å². The van der Waals surface area contributed by atoms with Crippen LogP contribution in [-0.4, -0.2) is 41.9 Å². The molecular weight excluding hydrogens is 256 g/mol. The molecule has 0 radical (unpaired) electrons. The summed E-state index contributed by atoms with van der Waals surface area (Å²) in [5.74, 6) is -0.0830. The fraction of sp³-hybridized carbons (Fsp3) is 0.429. The summed E-state index contributed by atoms with van der Waals surface area (Å²) in [4.78, 5) is 12.5. The Balaban J connectivity index is 1.80. The van der Waals surface area contributed by atoms with Gasteiger partial charge in [0.05, 0.1) is 11.7 Å². The number of hydrogen-bond donors (Lipinski definition) is 3. The highest BCUT2D eigenvalue weighted by Gasteiger charge is 2.39. The molecule has 1 amide bonds. The summed E-state index contributed by atoms with van der Waals surface area (Å²) in [5, 5.41) is 14.1. The van der Waals surface area contributed by atoms with Crippen LogP contribution in [0.5, 0.6) is 0 Å². The summed E-state index contributed by atoms with van der Waals surface area (Å²) in [6.07, 6.45) is 3.12. The number of piperidine rings is 1. The fourth-order valence-electron chi connectivity index (χ4n) is 2.61. The number of methoxy groups -OCH3 is 1. The van der Waals surface area contributed by atoms with Crippen LogP contribution in [0.15, 0.2) is 24.4 Å². The summed E-state index contributed by atoms with van der Waals surface area (Å²) < 4.78 is 5.51. The molecule has 0 spiro atoms. The summed E-state index contributed by atoms with van der Waals surface area (Å²) >= 11 is 0. The van der Waals surface area contributed by atoms with Crippen LogP contribution >= 0.6 is 0 Å². The van der Waals surface area contributed by atoms with E-state index in [9.17, 15) is 4.79 Å². The molecule has 106 valence electrons. The molecule has 1 aromatic heterocycles. The van der Waals surface area contributed by atoms with E-state index in [0.29, 0.717) is 12.8 Å². The number of ether oxygens (including phenoxy) is 1. The highest BCUT2D eigenvalue weighted by atomic mass is 16.5. The van der Waals surface area contributed by atoms with Gasteiger partial charge in [0.15, 0.2) is 0 Å². The summed E-state index contributed by atoms with van der Waals surface area (Å²) in [6, 6.07) is 5.68. The predicted octanol–water partition coefficient (Wildman–Crippen LogP) is 1.27. The number of fused-ring (bicyclic) bond motifs is 1. The first-order valence-electron chi connectivity index (χ1n) is 6.74. The van der Waals surface area contributed by atoms with Gasteiger partial charge in [0, 0.05) is 18.2 Å². The summed E-state index contributed by atoms with van der Waals surface area (Å²) in [5.41, 5.74) is 0.926. The van der Waals surface area contributed by atoms with E-state index in [2.05, 4.69) is 20.8 Å². The van der Waals surface area contributed by atoms with E-state index in [1.54, 1.807) is 13.3 Å². The van der Waals surface area contributed by atoms with E-state index in [1.807, 2.05) is 18.2 Å². The smallest absolute Gasteiger partial charge is 0.256 e. The van der Waals surface area contributed by atoms with Crippen molar-refractivity contribution in [1.82, 2.24) is 15.5 Å². The third-order valence-electron chi connectivity index (χ3n) is 3.92. The van der Waals surface area contributed by atoms with Crippen molar-refractivity contribution < 1.29 is 9.53 Å². The van der Waals surface area contributed by atoms with Gasteiger partial charge in [-0.25, -0.2) is 0 Å². The third kappa shape index (κ3) is 2.28. The van der Waals surface area contributed by atoms with Crippen molar-refractivity contribution in [3.8, 4) is 0 Å². The minimum atomic E-state index is -0.728. The maximum absolute atomic E-state index is 12.5. The highest BCUT2D eigenvalue weighted by molar-refractivity contribution is 5.98. The number of aromatic nitrogens is 2. The van der Waals surface area contributed by atoms with Crippen molar-refractivity contribution in [3.63, 3.8) is 0 Å². The van der Waals surface area contributed by atoms with Crippen molar-refractivity contribution in [2.45, 2.75) is 18.4 Å². The average Bonchev–Trinajstić information content (AvgIpc) is 2.95. The highest BCUT2D eigenvalue weighted by Crippen LogP contribution is 2.25. The van der Waals surface area contributed by atoms with Crippen LogP contribution in [0.4, 0.5) is 5.69 Å². The molecule has 1 aliphatic rings. The molecule has 2 heterocycles. The molecule has 3 rings (SSSR count). The molecule has 6 nitrogen and oxygen atoms in total. The number of nitrogens with zero attached hydrogens (tertiary/aromatic N) is 1. The number of carbonyl (C=O) groups is 1. The number of carbonyl (C=O) groups excluding carboxylic acids is 1. The van der Waals surface area contributed by atoms with Crippen molar-refractivity contribution >= 4 is 22.5 Å². The first kappa shape index (κ1) is 13.1. The summed E-state index contributed by atoms with van der Waals surface area (Å²) in [6.45, 7) is 1.59. The average molecular weight is 274 g/mol. The van der Waals surface area contributed by atoms with E-state index in [4.69, 9.17) is 4.74 Å². The van der Waals surface area contributed by atoms with Crippen molar-refractivity contribution in [1.29, 1.82) is 0 Å². The Bertz CT molecular complexity index is 616. The lowest BCUT2D eigenvalue weighted by molar-refractivity contribution is -0.140. The van der Waals surface area contributed by atoms with Crippen LogP contribution in [0.25, 0.3) is 10.9 Å². The number of benzene rings is 1. The SMILES string of the molecule is COC1(C(=O)Nc2ccc3cn[nH]c3c2)CCNCC1. The van der Waals surface area contributed by atoms with Gasteiger partial charge in [-0.2, -0.15) is 5.10 Å². The third-order valence-corrected chi connectivity index (χ3v) is 3.92. The molecule has 1 aromatic carbocycles. The number of nitrogens with one attached hydrogen (secondary N) is 3. The molecule has 0 aliphatic carbocycles. The molecule has 2 aromatic rings. The number of rotatable bonds is 3. The minimum absolute atomic E-state index is 0.0830. The van der Waals surface area contributed by atoms with Crippen molar-refractivity contribution in [2.24, 2.45) is 0 Å². The second-order valence-corrected chi connectivity index (χ2v) is 5.07. The fourth-order valence-corrected chi connectivity index (χ4v) is 2.61. The maximum atomic E-state index is 12.5. The van der Waals surface area contributed by atoms with Gasteiger partial charge in [-0.3, -0.25) is 9.89 Å². The number of amides is 1. The van der Waals surface area contributed by atoms with Gasteiger partial charge in [0.2, 0.25) is 0 Å². The lowest BCUT2D eigenvalue weighted by atomic mass is 9.91. The Morgan fingerprint density at radius 3 is 2.95 bits per heavy atom. The zero-order chi connectivity index (χ0) is 14.0. The second-order valence-electron chi connectivity index (χ2n) is 5.07. The molecule has 1 aliphatic heterocycles. The summed E-state index contributed by atoms with van der Waals surface area (Å²) in [7, 11) is 1.60. The first-order valence-corrected chi connectivity index (χ1v) is 6.74. The number of anilines is 1. The lowest BCUT2D eigenvalue weighted by Gasteiger charge is -2.34. The zero-order valence-electron chi connectivity index (χ0n) is 11.4. The van der Waals surface area contributed by atoms with Gasteiger partial charge in [-0.05, 0) is 44.1 Å². The minimum Gasteiger partial charge on any atom is -0.368 e.